The van der Waals surface area contributed by atoms with Crippen molar-refractivity contribution in [1.82, 2.24) is 9.97 Å². The van der Waals surface area contributed by atoms with Gasteiger partial charge in [0.2, 0.25) is 5.95 Å². The van der Waals surface area contributed by atoms with Crippen molar-refractivity contribution in [3.63, 3.8) is 0 Å². The van der Waals surface area contributed by atoms with Gasteiger partial charge in [-0.05, 0) is 6.92 Å². The van der Waals surface area contributed by atoms with Crippen LogP contribution >= 0.6 is 0 Å². The topological polar surface area (TPSA) is 96.5 Å². The molecule has 18 heavy (non-hydrogen) atoms. The zero-order chi connectivity index (χ0) is 13.1. The second-order valence-electron chi connectivity index (χ2n) is 4.38. The molecule has 0 radical (unpaired) electrons. The van der Waals surface area contributed by atoms with E-state index in [2.05, 4.69) is 15.3 Å². The number of ether oxygens (including phenoxy) is 1. The fourth-order valence-corrected chi connectivity index (χ4v) is 2.08. The van der Waals surface area contributed by atoms with Gasteiger partial charge in [0.25, 0.3) is 0 Å². The largest absolute Gasteiger partial charge is 0.394 e. The molecule has 1 aromatic rings. The van der Waals surface area contributed by atoms with E-state index in [1.807, 2.05) is 17.9 Å². The second-order valence-corrected chi connectivity index (χ2v) is 4.38. The van der Waals surface area contributed by atoms with Crippen LogP contribution in [0.2, 0.25) is 0 Å². The predicted molar refractivity (Wildman–Crippen MR) is 69.6 cm³/mol. The maximum Gasteiger partial charge on any atom is 0.223 e. The summed E-state index contributed by atoms with van der Waals surface area (Å²) in [5.74, 6) is 1.66. The van der Waals surface area contributed by atoms with Gasteiger partial charge in [-0.2, -0.15) is 9.97 Å². The van der Waals surface area contributed by atoms with E-state index in [9.17, 15) is 5.11 Å². The summed E-state index contributed by atoms with van der Waals surface area (Å²) in [7, 11) is 1.78. The smallest absolute Gasteiger partial charge is 0.223 e. The number of anilines is 3. The number of hydrogen-bond donors (Lipinski definition) is 3. The van der Waals surface area contributed by atoms with Gasteiger partial charge in [0.1, 0.15) is 11.6 Å². The number of aliphatic hydroxyl groups excluding tert-OH is 1. The van der Waals surface area contributed by atoms with Crippen molar-refractivity contribution < 1.29 is 9.84 Å². The van der Waals surface area contributed by atoms with Crippen molar-refractivity contribution in [3.8, 4) is 0 Å². The molecule has 0 spiro atoms. The average Bonchev–Trinajstić information content (AvgIpc) is 2.37. The van der Waals surface area contributed by atoms with E-state index in [-0.39, 0.29) is 24.8 Å². The molecule has 0 saturated carbocycles. The average molecular weight is 253 g/mol. The van der Waals surface area contributed by atoms with Crippen LogP contribution in [0.1, 0.15) is 6.92 Å². The normalized spacial score (nSPS) is 24.1. The summed E-state index contributed by atoms with van der Waals surface area (Å²) >= 11 is 0. The number of nitrogens with two attached hydrogens (primary N) is 1. The van der Waals surface area contributed by atoms with Crippen LogP contribution in [-0.2, 0) is 4.74 Å². The van der Waals surface area contributed by atoms with Crippen LogP contribution in [0.4, 0.5) is 17.6 Å². The summed E-state index contributed by atoms with van der Waals surface area (Å²) in [5, 5.41) is 12.2. The maximum absolute atomic E-state index is 9.21. The van der Waals surface area contributed by atoms with Crippen molar-refractivity contribution in [2.75, 3.05) is 42.7 Å². The zero-order valence-electron chi connectivity index (χ0n) is 10.6. The van der Waals surface area contributed by atoms with Crippen molar-refractivity contribution in [1.29, 1.82) is 0 Å². The molecule has 2 heterocycles. The van der Waals surface area contributed by atoms with E-state index >= 15 is 0 Å². The molecule has 0 aliphatic carbocycles. The van der Waals surface area contributed by atoms with Crippen molar-refractivity contribution in [2.45, 2.75) is 19.1 Å². The molecule has 1 aromatic heterocycles. The fourth-order valence-electron chi connectivity index (χ4n) is 2.08. The van der Waals surface area contributed by atoms with E-state index in [1.54, 1.807) is 7.05 Å². The molecule has 100 valence electrons. The van der Waals surface area contributed by atoms with Crippen LogP contribution in [0.15, 0.2) is 6.07 Å². The predicted octanol–water partition coefficient (Wildman–Crippen LogP) is -0.313. The molecule has 7 heteroatoms. The number of hydrogen-bond acceptors (Lipinski definition) is 7. The number of aliphatic hydroxyl groups is 1. The molecule has 1 saturated heterocycles. The molecule has 1 aliphatic heterocycles. The summed E-state index contributed by atoms with van der Waals surface area (Å²) < 4.78 is 5.59. The number of aromatic nitrogens is 2. The number of nitrogens with zero attached hydrogens (tertiary/aromatic N) is 3. The van der Waals surface area contributed by atoms with Crippen LogP contribution in [-0.4, -0.2) is 54.0 Å². The van der Waals surface area contributed by atoms with Gasteiger partial charge < -0.3 is 25.8 Å². The Morgan fingerprint density at radius 1 is 1.56 bits per heavy atom. The van der Waals surface area contributed by atoms with E-state index in [4.69, 9.17) is 10.5 Å². The summed E-state index contributed by atoms with van der Waals surface area (Å²) in [4.78, 5) is 10.3. The van der Waals surface area contributed by atoms with Crippen LogP contribution in [0, 0.1) is 0 Å². The number of rotatable bonds is 3. The molecule has 2 unspecified atom stereocenters. The highest BCUT2D eigenvalue weighted by atomic mass is 16.5. The first-order valence-corrected chi connectivity index (χ1v) is 5.96. The molecular formula is C11H19N5O2. The molecule has 1 aliphatic rings. The van der Waals surface area contributed by atoms with Gasteiger partial charge in [-0.25, -0.2) is 0 Å². The fraction of sp³-hybridized carbons (Fsp3) is 0.636. The van der Waals surface area contributed by atoms with E-state index in [0.717, 1.165) is 12.4 Å². The van der Waals surface area contributed by atoms with Crippen molar-refractivity contribution in [3.05, 3.63) is 6.07 Å². The van der Waals surface area contributed by atoms with Gasteiger partial charge in [-0.3, -0.25) is 0 Å². The monoisotopic (exact) mass is 253 g/mol. The zero-order valence-corrected chi connectivity index (χ0v) is 10.6. The lowest BCUT2D eigenvalue weighted by atomic mass is 10.2. The Labute approximate surface area is 106 Å². The number of nitrogens with one attached hydrogen (secondary N) is 1. The van der Waals surface area contributed by atoms with Gasteiger partial charge in [0, 0.05) is 26.2 Å². The van der Waals surface area contributed by atoms with Gasteiger partial charge in [0.15, 0.2) is 0 Å². The lowest BCUT2D eigenvalue weighted by Gasteiger charge is -2.36. The molecule has 7 nitrogen and oxygen atoms in total. The molecule has 0 amide bonds. The van der Waals surface area contributed by atoms with Crippen molar-refractivity contribution >= 4 is 17.6 Å². The minimum atomic E-state index is -0.192. The van der Waals surface area contributed by atoms with Gasteiger partial charge in [-0.15, -0.1) is 0 Å². The first-order valence-electron chi connectivity index (χ1n) is 5.96. The van der Waals surface area contributed by atoms with Gasteiger partial charge in [0.05, 0.1) is 18.8 Å². The second kappa shape index (κ2) is 5.36. The first kappa shape index (κ1) is 12.8. The van der Waals surface area contributed by atoms with Crippen LogP contribution in [0.5, 0.6) is 0 Å². The molecule has 4 N–H and O–H groups in total. The summed E-state index contributed by atoms with van der Waals surface area (Å²) in [6.07, 6.45) is -0.145. The van der Waals surface area contributed by atoms with Crippen molar-refractivity contribution in [2.24, 2.45) is 0 Å². The molecule has 0 aromatic carbocycles. The molecule has 0 bridgehead atoms. The van der Waals surface area contributed by atoms with Crippen LogP contribution in [0.25, 0.3) is 0 Å². The van der Waals surface area contributed by atoms with E-state index in [1.165, 1.54) is 0 Å². The lowest BCUT2D eigenvalue weighted by Crippen LogP contribution is -2.48. The molecular weight excluding hydrogens is 234 g/mol. The number of morpholine rings is 1. The van der Waals surface area contributed by atoms with E-state index in [0.29, 0.717) is 12.4 Å². The number of nitrogen functional groups attached to an aromatic ring is 1. The van der Waals surface area contributed by atoms with Crippen LogP contribution in [0.3, 0.4) is 0 Å². The summed E-state index contributed by atoms with van der Waals surface area (Å²) in [6.45, 7) is 3.29. The first-order chi connectivity index (χ1) is 8.62. The Morgan fingerprint density at radius 2 is 2.33 bits per heavy atom. The quantitative estimate of drug-likeness (QED) is 0.679. The Kier molecular flexibility index (Phi) is 3.83. The third-order valence-corrected chi connectivity index (χ3v) is 2.84. The Hall–Kier alpha value is -1.60. The Morgan fingerprint density at radius 3 is 3.00 bits per heavy atom. The Bertz CT molecular complexity index is 414. The Balaban J connectivity index is 2.21. The highest BCUT2D eigenvalue weighted by Crippen LogP contribution is 2.21. The van der Waals surface area contributed by atoms with Gasteiger partial charge >= 0.3 is 0 Å². The minimum absolute atomic E-state index is 0.000288. The van der Waals surface area contributed by atoms with E-state index < -0.39 is 0 Å². The third-order valence-electron chi connectivity index (χ3n) is 2.84. The highest BCUT2D eigenvalue weighted by Gasteiger charge is 2.26. The third kappa shape index (κ3) is 2.80. The van der Waals surface area contributed by atoms with Crippen LogP contribution < -0.4 is 16.0 Å². The summed E-state index contributed by atoms with van der Waals surface area (Å²) in [6, 6.07) is 1.84. The highest BCUT2D eigenvalue weighted by molar-refractivity contribution is 5.52. The standard InChI is InChI=1S/C11H19N5O2/c1-7-4-16(5-8(6-17)18-7)10-3-9(13-2)14-11(12)15-10/h3,7-8,17H,4-6H2,1-2H3,(H3,12,13,14,15). The molecule has 1 fully saturated rings. The lowest BCUT2D eigenvalue weighted by molar-refractivity contribution is -0.0423. The SMILES string of the molecule is CNc1cc(N2CC(C)OC(CO)C2)nc(N)n1. The molecule has 2 rings (SSSR count). The van der Waals surface area contributed by atoms with Gasteiger partial charge in [-0.1, -0.05) is 0 Å². The molecule has 2 atom stereocenters. The minimum Gasteiger partial charge on any atom is -0.394 e. The maximum atomic E-state index is 9.21. The summed E-state index contributed by atoms with van der Waals surface area (Å²) in [5.41, 5.74) is 5.67.